The van der Waals surface area contributed by atoms with E-state index in [1.807, 2.05) is 20.8 Å². The van der Waals surface area contributed by atoms with Crippen molar-refractivity contribution in [2.45, 2.75) is 25.9 Å². The van der Waals surface area contributed by atoms with Gasteiger partial charge in [-0.2, -0.15) is 0 Å². The highest BCUT2D eigenvalue weighted by Gasteiger charge is 2.12. The largest absolute Gasteiger partial charge is 0.324 e. The summed E-state index contributed by atoms with van der Waals surface area (Å²) in [4.78, 5) is 31.0. The molecule has 0 saturated carbocycles. The Morgan fingerprint density at radius 3 is 2.46 bits per heavy atom. The fraction of sp³-hybridized carbons (Fsp3) is 0.267. The van der Waals surface area contributed by atoms with Gasteiger partial charge in [-0.1, -0.05) is 11.8 Å². The van der Waals surface area contributed by atoms with E-state index in [4.69, 9.17) is 0 Å². The van der Waals surface area contributed by atoms with Crippen LogP contribution >= 0.6 is 27.7 Å². The van der Waals surface area contributed by atoms with E-state index >= 15 is 0 Å². The van der Waals surface area contributed by atoms with Gasteiger partial charge in [0.15, 0.2) is 5.16 Å². The molecule has 9 heteroatoms. The van der Waals surface area contributed by atoms with E-state index < -0.39 is 4.92 Å². The molecule has 0 atom stereocenters. The van der Waals surface area contributed by atoms with Crippen molar-refractivity contribution in [3.63, 3.8) is 0 Å². The molecule has 2 rings (SSSR count). The maximum Gasteiger partial charge on any atom is 0.270 e. The Balaban J connectivity index is 2.00. The first-order valence-corrected chi connectivity index (χ1v) is 8.74. The lowest BCUT2D eigenvalue weighted by molar-refractivity contribution is -0.384. The number of carbonyl (C=O) groups is 1. The fourth-order valence-corrected chi connectivity index (χ4v) is 3.04. The standard InChI is InChI=1S/C15H15BrN4O3S/c1-8-9(2)17-15(18-10(8)3)24-7-14(21)19-13-5-4-11(20(22)23)6-12(13)16/h4-6H,7H2,1-3H3,(H,19,21). The number of nitrogens with one attached hydrogen (secondary N) is 1. The topological polar surface area (TPSA) is 98.0 Å². The van der Waals surface area contributed by atoms with Gasteiger partial charge < -0.3 is 5.32 Å². The Hall–Kier alpha value is -2.00. The molecule has 2 aromatic rings. The molecular weight excluding hydrogens is 396 g/mol. The molecule has 0 aliphatic heterocycles. The molecule has 1 aromatic carbocycles. The number of nitro benzene ring substituents is 1. The molecule has 0 aliphatic carbocycles. The SMILES string of the molecule is Cc1nc(SCC(=O)Nc2ccc([N+](=O)[O-])cc2Br)nc(C)c1C. The molecule has 24 heavy (non-hydrogen) atoms. The number of amides is 1. The molecule has 126 valence electrons. The van der Waals surface area contributed by atoms with E-state index in [2.05, 4.69) is 31.2 Å². The van der Waals surface area contributed by atoms with Crippen molar-refractivity contribution in [1.82, 2.24) is 9.97 Å². The minimum absolute atomic E-state index is 0.0479. The van der Waals surface area contributed by atoms with Gasteiger partial charge in [-0.25, -0.2) is 9.97 Å². The monoisotopic (exact) mass is 410 g/mol. The molecule has 0 spiro atoms. The number of non-ortho nitro benzene ring substituents is 1. The Morgan fingerprint density at radius 1 is 1.29 bits per heavy atom. The number of halogens is 1. The van der Waals surface area contributed by atoms with Crippen LogP contribution in [0.2, 0.25) is 0 Å². The lowest BCUT2D eigenvalue weighted by Crippen LogP contribution is -2.15. The van der Waals surface area contributed by atoms with Crippen molar-refractivity contribution in [3.8, 4) is 0 Å². The van der Waals surface area contributed by atoms with E-state index in [1.54, 1.807) is 0 Å². The normalized spacial score (nSPS) is 10.5. The lowest BCUT2D eigenvalue weighted by Gasteiger charge is -2.08. The first kappa shape index (κ1) is 18.3. The number of hydrogen-bond acceptors (Lipinski definition) is 6. The Morgan fingerprint density at radius 2 is 1.92 bits per heavy atom. The van der Waals surface area contributed by atoms with Gasteiger partial charge in [0, 0.05) is 28.0 Å². The number of anilines is 1. The average molecular weight is 411 g/mol. The molecule has 0 unspecified atom stereocenters. The van der Waals surface area contributed by atoms with Crippen LogP contribution in [-0.4, -0.2) is 26.6 Å². The van der Waals surface area contributed by atoms with Crippen LogP contribution in [-0.2, 0) is 4.79 Å². The van der Waals surface area contributed by atoms with Crippen LogP contribution in [0.15, 0.2) is 27.8 Å². The maximum absolute atomic E-state index is 12.1. The van der Waals surface area contributed by atoms with Crippen LogP contribution in [0.1, 0.15) is 17.0 Å². The minimum Gasteiger partial charge on any atom is -0.324 e. The summed E-state index contributed by atoms with van der Waals surface area (Å²) in [6, 6.07) is 4.17. The molecule has 0 radical (unpaired) electrons. The number of rotatable bonds is 5. The van der Waals surface area contributed by atoms with Crippen LogP contribution < -0.4 is 5.32 Å². The molecule has 7 nitrogen and oxygen atoms in total. The average Bonchev–Trinajstić information content (AvgIpc) is 2.52. The van der Waals surface area contributed by atoms with Gasteiger partial charge in [-0.05, 0) is 48.3 Å². The Labute approximate surface area is 151 Å². The van der Waals surface area contributed by atoms with Crippen molar-refractivity contribution in [2.75, 3.05) is 11.1 Å². The molecule has 0 saturated heterocycles. The summed E-state index contributed by atoms with van der Waals surface area (Å²) < 4.78 is 0.452. The molecule has 0 fully saturated rings. The molecule has 0 aliphatic rings. The predicted molar refractivity (Wildman–Crippen MR) is 96.4 cm³/mol. The van der Waals surface area contributed by atoms with Crippen LogP contribution in [0.25, 0.3) is 0 Å². The number of hydrogen-bond donors (Lipinski definition) is 1. The number of carbonyl (C=O) groups excluding carboxylic acids is 1. The summed E-state index contributed by atoms with van der Waals surface area (Å²) in [5.41, 5.74) is 3.25. The number of aromatic nitrogens is 2. The summed E-state index contributed by atoms with van der Waals surface area (Å²) in [5.74, 6) is -0.0974. The summed E-state index contributed by atoms with van der Waals surface area (Å²) >= 11 is 4.46. The van der Waals surface area contributed by atoms with E-state index in [9.17, 15) is 14.9 Å². The van der Waals surface area contributed by atoms with Crippen molar-refractivity contribution < 1.29 is 9.72 Å². The van der Waals surface area contributed by atoms with Gasteiger partial charge in [0.25, 0.3) is 5.69 Å². The molecular formula is C15H15BrN4O3S. The highest BCUT2D eigenvalue weighted by Crippen LogP contribution is 2.27. The molecule has 0 bridgehead atoms. The number of nitro groups is 1. The number of aryl methyl sites for hydroxylation is 2. The van der Waals surface area contributed by atoms with Crippen molar-refractivity contribution in [2.24, 2.45) is 0 Å². The van der Waals surface area contributed by atoms with E-state index in [1.165, 1.54) is 30.0 Å². The molecule has 1 amide bonds. The first-order valence-electron chi connectivity index (χ1n) is 6.96. The van der Waals surface area contributed by atoms with Gasteiger partial charge in [0.2, 0.25) is 5.91 Å². The predicted octanol–water partition coefficient (Wildman–Crippen LogP) is 3.80. The fourth-order valence-electron chi connectivity index (χ4n) is 1.84. The Bertz CT molecular complexity index is 790. The zero-order valence-electron chi connectivity index (χ0n) is 13.3. The summed E-state index contributed by atoms with van der Waals surface area (Å²) in [6.07, 6.45) is 0. The van der Waals surface area contributed by atoms with Gasteiger partial charge in [0.05, 0.1) is 16.4 Å². The van der Waals surface area contributed by atoms with Crippen molar-refractivity contribution in [1.29, 1.82) is 0 Å². The highest BCUT2D eigenvalue weighted by molar-refractivity contribution is 9.10. The van der Waals surface area contributed by atoms with Gasteiger partial charge in [-0.15, -0.1) is 0 Å². The van der Waals surface area contributed by atoms with Crippen LogP contribution in [0.4, 0.5) is 11.4 Å². The van der Waals surface area contributed by atoms with E-state index in [0.29, 0.717) is 15.3 Å². The Kier molecular flexibility index (Phi) is 5.89. The second-order valence-electron chi connectivity index (χ2n) is 5.06. The zero-order valence-corrected chi connectivity index (χ0v) is 15.7. The van der Waals surface area contributed by atoms with Gasteiger partial charge in [0.1, 0.15) is 0 Å². The van der Waals surface area contributed by atoms with Crippen molar-refractivity contribution >= 4 is 45.0 Å². The van der Waals surface area contributed by atoms with E-state index in [0.717, 1.165) is 17.0 Å². The lowest BCUT2D eigenvalue weighted by atomic mass is 10.2. The summed E-state index contributed by atoms with van der Waals surface area (Å²) in [6.45, 7) is 5.77. The van der Waals surface area contributed by atoms with E-state index in [-0.39, 0.29) is 17.3 Å². The second kappa shape index (κ2) is 7.71. The quantitative estimate of drug-likeness (QED) is 0.348. The zero-order chi connectivity index (χ0) is 17.9. The minimum atomic E-state index is -0.494. The third-order valence-electron chi connectivity index (χ3n) is 3.38. The number of nitrogens with zero attached hydrogens (tertiary/aromatic N) is 3. The third kappa shape index (κ3) is 4.51. The van der Waals surface area contributed by atoms with Gasteiger partial charge in [-0.3, -0.25) is 14.9 Å². The van der Waals surface area contributed by atoms with Crippen LogP contribution in [0.3, 0.4) is 0 Å². The second-order valence-corrected chi connectivity index (χ2v) is 6.86. The molecule has 1 N–H and O–H groups in total. The number of thioether (sulfide) groups is 1. The van der Waals surface area contributed by atoms with Crippen LogP contribution in [0, 0.1) is 30.9 Å². The number of benzene rings is 1. The maximum atomic E-state index is 12.1. The first-order chi connectivity index (χ1) is 11.3. The smallest absolute Gasteiger partial charge is 0.270 e. The molecule has 1 aromatic heterocycles. The summed E-state index contributed by atoms with van der Waals surface area (Å²) in [5, 5.41) is 14.0. The highest BCUT2D eigenvalue weighted by atomic mass is 79.9. The molecule has 1 heterocycles. The van der Waals surface area contributed by atoms with Gasteiger partial charge >= 0.3 is 0 Å². The van der Waals surface area contributed by atoms with Crippen LogP contribution in [0.5, 0.6) is 0 Å². The van der Waals surface area contributed by atoms with Crippen molar-refractivity contribution in [3.05, 3.63) is 49.7 Å². The summed E-state index contributed by atoms with van der Waals surface area (Å²) in [7, 11) is 0. The third-order valence-corrected chi connectivity index (χ3v) is 4.89.